The number of unbranched alkanes of at least 4 members (excludes halogenated alkanes) is 1. The molecule has 0 amide bonds. The van der Waals surface area contributed by atoms with E-state index in [4.69, 9.17) is 8.85 Å². The second-order valence-corrected chi connectivity index (χ2v) is 11.6. The SMILES string of the molecule is CCCC[Si](C)(CCOCC)O[SiH](C)C. The van der Waals surface area contributed by atoms with E-state index in [2.05, 4.69) is 33.5 Å². The zero-order valence-corrected chi connectivity index (χ0v) is 13.3. The molecular weight excluding hydrogens is 220 g/mol. The highest BCUT2D eigenvalue weighted by atomic mass is 28.4. The Morgan fingerprint density at radius 2 is 1.80 bits per heavy atom. The maximum absolute atomic E-state index is 6.28. The van der Waals surface area contributed by atoms with Crippen LogP contribution in [0.25, 0.3) is 0 Å². The Kier molecular flexibility index (Phi) is 8.70. The molecule has 0 aromatic carbocycles. The van der Waals surface area contributed by atoms with Gasteiger partial charge in [-0.3, -0.25) is 0 Å². The minimum atomic E-state index is -1.43. The monoisotopic (exact) mass is 248 g/mol. The molecule has 92 valence electrons. The predicted octanol–water partition coefficient (Wildman–Crippen LogP) is 3.40. The zero-order valence-electron chi connectivity index (χ0n) is 11.1. The minimum Gasteiger partial charge on any atom is -0.458 e. The number of ether oxygens (including phenoxy) is 1. The van der Waals surface area contributed by atoms with Gasteiger partial charge in [0.05, 0.1) is 0 Å². The maximum atomic E-state index is 6.28. The molecule has 0 aromatic heterocycles. The zero-order chi connectivity index (χ0) is 11.7. The van der Waals surface area contributed by atoms with Gasteiger partial charge in [0.25, 0.3) is 0 Å². The molecule has 0 rings (SSSR count). The van der Waals surface area contributed by atoms with Crippen molar-refractivity contribution in [1.29, 1.82) is 0 Å². The summed E-state index contributed by atoms with van der Waals surface area (Å²) >= 11 is 0. The van der Waals surface area contributed by atoms with E-state index in [-0.39, 0.29) is 0 Å². The molecular formula is C11H28O2Si2. The summed E-state index contributed by atoms with van der Waals surface area (Å²) in [4.78, 5) is 0. The third kappa shape index (κ3) is 8.19. The van der Waals surface area contributed by atoms with Gasteiger partial charge in [0, 0.05) is 13.2 Å². The summed E-state index contributed by atoms with van der Waals surface area (Å²) in [5.41, 5.74) is 0. The smallest absolute Gasteiger partial charge is 0.178 e. The molecule has 0 saturated heterocycles. The quantitative estimate of drug-likeness (QED) is 0.460. The molecule has 0 radical (unpaired) electrons. The molecule has 0 aliphatic rings. The average Bonchev–Trinajstić information content (AvgIpc) is 2.14. The van der Waals surface area contributed by atoms with Crippen molar-refractivity contribution in [2.75, 3.05) is 13.2 Å². The van der Waals surface area contributed by atoms with E-state index < -0.39 is 17.4 Å². The van der Waals surface area contributed by atoms with Crippen LogP contribution in [0.5, 0.6) is 0 Å². The van der Waals surface area contributed by atoms with Crippen molar-refractivity contribution < 1.29 is 8.85 Å². The lowest BCUT2D eigenvalue weighted by Crippen LogP contribution is -2.39. The summed E-state index contributed by atoms with van der Waals surface area (Å²) in [5, 5.41) is 0. The van der Waals surface area contributed by atoms with E-state index in [1.165, 1.54) is 24.9 Å². The lowest BCUT2D eigenvalue weighted by atomic mass is 10.4. The molecule has 15 heavy (non-hydrogen) atoms. The minimum absolute atomic E-state index is 0.831. The van der Waals surface area contributed by atoms with Crippen LogP contribution in [0.4, 0.5) is 0 Å². The van der Waals surface area contributed by atoms with E-state index in [0.717, 1.165) is 13.2 Å². The standard InChI is InChI=1S/C11H28O2Si2/c1-6-8-10-15(5,13-14(3)4)11-9-12-7-2/h14H,6-11H2,1-5H3. The van der Waals surface area contributed by atoms with Crippen molar-refractivity contribution in [3.63, 3.8) is 0 Å². The molecule has 1 unspecified atom stereocenters. The van der Waals surface area contributed by atoms with Crippen LogP contribution >= 0.6 is 0 Å². The number of hydrogen-bond acceptors (Lipinski definition) is 2. The Labute approximate surface area is 98.2 Å². The lowest BCUT2D eigenvalue weighted by molar-refractivity contribution is 0.159. The Hall–Kier alpha value is 0.354. The first kappa shape index (κ1) is 15.4. The molecule has 1 atom stereocenters. The molecule has 0 aliphatic carbocycles. The summed E-state index contributed by atoms with van der Waals surface area (Å²) in [6.07, 6.45) is 2.59. The first-order chi connectivity index (χ1) is 7.04. The summed E-state index contributed by atoms with van der Waals surface area (Å²) < 4.78 is 11.7. The molecule has 0 N–H and O–H groups in total. The second-order valence-electron chi connectivity index (χ2n) is 4.67. The third-order valence-electron chi connectivity index (χ3n) is 2.56. The molecule has 0 heterocycles. The summed E-state index contributed by atoms with van der Waals surface area (Å²) in [5.74, 6) is 0. The van der Waals surface area contributed by atoms with Crippen molar-refractivity contribution in [1.82, 2.24) is 0 Å². The topological polar surface area (TPSA) is 18.5 Å². The van der Waals surface area contributed by atoms with Crippen molar-refractivity contribution in [3.05, 3.63) is 0 Å². The molecule has 0 spiro atoms. The predicted molar refractivity (Wildman–Crippen MR) is 72.6 cm³/mol. The number of hydrogen-bond donors (Lipinski definition) is 0. The van der Waals surface area contributed by atoms with E-state index in [0.29, 0.717) is 0 Å². The first-order valence-corrected chi connectivity index (χ1v) is 11.9. The lowest BCUT2D eigenvalue weighted by Gasteiger charge is -2.30. The van der Waals surface area contributed by atoms with Crippen molar-refractivity contribution in [3.8, 4) is 0 Å². The van der Waals surface area contributed by atoms with Gasteiger partial charge in [0.15, 0.2) is 17.4 Å². The highest BCUT2D eigenvalue weighted by Gasteiger charge is 2.28. The fourth-order valence-corrected chi connectivity index (χ4v) is 9.22. The van der Waals surface area contributed by atoms with Crippen LogP contribution in [-0.2, 0) is 8.85 Å². The van der Waals surface area contributed by atoms with E-state index in [9.17, 15) is 0 Å². The van der Waals surface area contributed by atoms with Gasteiger partial charge < -0.3 is 8.85 Å². The van der Waals surface area contributed by atoms with Crippen LogP contribution in [0.2, 0.25) is 31.7 Å². The molecule has 0 bridgehead atoms. The van der Waals surface area contributed by atoms with Gasteiger partial charge in [-0.2, -0.15) is 0 Å². The van der Waals surface area contributed by atoms with E-state index in [1.54, 1.807) is 0 Å². The van der Waals surface area contributed by atoms with E-state index in [1.807, 2.05) is 0 Å². The second kappa shape index (κ2) is 8.50. The van der Waals surface area contributed by atoms with Gasteiger partial charge in [0.2, 0.25) is 0 Å². The molecule has 4 heteroatoms. The van der Waals surface area contributed by atoms with Crippen LogP contribution in [0, 0.1) is 0 Å². The number of rotatable bonds is 9. The van der Waals surface area contributed by atoms with Crippen LogP contribution in [0.3, 0.4) is 0 Å². The van der Waals surface area contributed by atoms with Crippen LogP contribution < -0.4 is 0 Å². The van der Waals surface area contributed by atoms with Gasteiger partial charge in [-0.05, 0) is 38.7 Å². The maximum Gasteiger partial charge on any atom is 0.178 e. The first-order valence-electron chi connectivity index (χ1n) is 6.29. The summed E-state index contributed by atoms with van der Waals surface area (Å²) in [7, 11) is -2.32. The van der Waals surface area contributed by atoms with E-state index >= 15 is 0 Å². The molecule has 0 fully saturated rings. The fraction of sp³-hybridized carbons (Fsp3) is 1.00. The fourth-order valence-electron chi connectivity index (χ4n) is 1.80. The molecule has 0 aliphatic heterocycles. The van der Waals surface area contributed by atoms with Gasteiger partial charge in [-0.25, -0.2) is 0 Å². The normalized spacial score (nSPS) is 15.6. The van der Waals surface area contributed by atoms with Gasteiger partial charge in [-0.1, -0.05) is 19.8 Å². The molecule has 2 nitrogen and oxygen atoms in total. The van der Waals surface area contributed by atoms with Crippen molar-refractivity contribution >= 4 is 17.4 Å². The summed E-state index contributed by atoms with van der Waals surface area (Å²) in [6, 6.07) is 2.48. The highest BCUT2D eigenvalue weighted by molar-refractivity contribution is 6.78. The average molecular weight is 249 g/mol. The Balaban J connectivity index is 4.01. The third-order valence-corrected chi connectivity index (χ3v) is 9.39. The molecule has 0 aromatic rings. The highest BCUT2D eigenvalue weighted by Crippen LogP contribution is 2.21. The Morgan fingerprint density at radius 1 is 1.13 bits per heavy atom. The van der Waals surface area contributed by atoms with Crippen LogP contribution in [0.15, 0.2) is 0 Å². The Morgan fingerprint density at radius 3 is 2.27 bits per heavy atom. The van der Waals surface area contributed by atoms with Crippen molar-refractivity contribution in [2.24, 2.45) is 0 Å². The van der Waals surface area contributed by atoms with Gasteiger partial charge in [0.1, 0.15) is 0 Å². The van der Waals surface area contributed by atoms with Gasteiger partial charge in [-0.15, -0.1) is 0 Å². The van der Waals surface area contributed by atoms with Crippen LogP contribution in [0.1, 0.15) is 26.7 Å². The summed E-state index contributed by atoms with van der Waals surface area (Å²) in [6.45, 7) is 13.0. The largest absolute Gasteiger partial charge is 0.458 e. The van der Waals surface area contributed by atoms with Crippen molar-refractivity contribution in [2.45, 2.75) is 58.4 Å². The van der Waals surface area contributed by atoms with Gasteiger partial charge >= 0.3 is 0 Å². The van der Waals surface area contributed by atoms with Crippen LogP contribution in [-0.4, -0.2) is 30.6 Å². The Bertz CT molecular complexity index is 154. The molecule has 0 saturated carbocycles.